The standard InChI is InChI=1S/C10H14N2O2S/c13-10(14)9-3-1-2-4-12(9)6-8-5-11-7-15-8/h5,7,9H,1-4,6H2,(H,13,14). The molecule has 0 spiro atoms. The van der Waals surface area contributed by atoms with E-state index in [0.29, 0.717) is 0 Å². The highest BCUT2D eigenvalue weighted by Gasteiger charge is 2.28. The van der Waals surface area contributed by atoms with Crippen LogP contribution in [0.2, 0.25) is 0 Å². The third-order valence-electron chi connectivity index (χ3n) is 2.74. The molecule has 1 N–H and O–H groups in total. The summed E-state index contributed by atoms with van der Waals surface area (Å²) in [5, 5.41) is 9.08. The smallest absolute Gasteiger partial charge is 0.320 e. The highest BCUT2D eigenvalue weighted by Crippen LogP contribution is 2.20. The molecule has 2 rings (SSSR count). The zero-order valence-electron chi connectivity index (χ0n) is 8.43. The van der Waals surface area contributed by atoms with E-state index in [1.165, 1.54) is 0 Å². The number of aliphatic carboxylic acids is 1. The van der Waals surface area contributed by atoms with Gasteiger partial charge in [0.15, 0.2) is 0 Å². The van der Waals surface area contributed by atoms with E-state index < -0.39 is 5.97 Å². The first-order valence-electron chi connectivity index (χ1n) is 5.11. The largest absolute Gasteiger partial charge is 0.480 e. The number of carboxylic acid groups (broad SMARTS) is 1. The van der Waals surface area contributed by atoms with Crippen LogP contribution in [0.25, 0.3) is 0 Å². The summed E-state index contributed by atoms with van der Waals surface area (Å²) in [4.78, 5) is 18.2. The number of carboxylic acids is 1. The van der Waals surface area contributed by atoms with Crippen LogP contribution in [0.5, 0.6) is 0 Å². The van der Waals surface area contributed by atoms with Crippen molar-refractivity contribution < 1.29 is 9.90 Å². The van der Waals surface area contributed by atoms with E-state index in [4.69, 9.17) is 5.11 Å². The maximum Gasteiger partial charge on any atom is 0.320 e. The van der Waals surface area contributed by atoms with Crippen molar-refractivity contribution in [3.63, 3.8) is 0 Å². The van der Waals surface area contributed by atoms with E-state index in [1.807, 2.05) is 11.1 Å². The van der Waals surface area contributed by atoms with Crippen LogP contribution in [0.4, 0.5) is 0 Å². The lowest BCUT2D eigenvalue weighted by Gasteiger charge is -2.32. The van der Waals surface area contributed by atoms with Gasteiger partial charge in [-0.15, -0.1) is 11.3 Å². The lowest BCUT2D eigenvalue weighted by atomic mass is 10.0. The number of rotatable bonds is 3. The van der Waals surface area contributed by atoms with Crippen molar-refractivity contribution >= 4 is 17.3 Å². The first-order valence-corrected chi connectivity index (χ1v) is 5.99. The van der Waals surface area contributed by atoms with E-state index >= 15 is 0 Å². The maximum atomic E-state index is 11.0. The predicted molar refractivity (Wildman–Crippen MR) is 57.8 cm³/mol. The van der Waals surface area contributed by atoms with Gasteiger partial charge in [0.05, 0.1) is 5.51 Å². The fourth-order valence-corrected chi connectivity index (χ4v) is 2.60. The summed E-state index contributed by atoms with van der Waals surface area (Å²) < 4.78 is 0. The molecule has 2 heterocycles. The van der Waals surface area contributed by atoms with Crippen LogP contribution in [0.15, 0.2) is 11.7 Å². The van der Waals surface area contributed by atoms with Gasteiger partial charge in [-0.3, -0.25) is 14.7 Å². The topological polar surface area (TPSA) is 53.4 Å². The third-order valence-corrected chi connectivity index (χ3v) is 3.51. The molecule has 1 fully saturated rings. The molecule has 0 aliphatic carbocycles. The predicted octanol–water partition coefficient (Wildman–Crippen LogP) is 1.58. The third kappa shape index (κ3) is 2.54. The lowest BCUT2D eigenvalue weighted by Crippen LogP contribution is -2.43. The highest BCUT2D eigenvalue weighted by atomic mass is 32.1. The molecule has 1 aliphatic rings. The lowest BCUT2D eigenvalue weighted by molar-refractivity contribution is -0.144. The zero-order chi connectivity index (χ0) is 10.7. The van der Waals surface area contributed by atoms with Crippen LogP contribution in [0, 0.1) is 0 Å². The van der Waals surface area contributed by atoms with Gasteiger partial charge in [-0.25, -0.2) is 0 Å². The van der Waals surface area contributed by atoms with Gasteiger partial charge in [-0.05, 0) is 19.4 Å². The molecule has 1 aromatic heterocycles. The zero-order valence-corrected chi connectivity index (χ0v) is 9.24. The number of thiazole rings is 1. The number of hydrogen-bond acceptors (Lipinski definition) is 4. The molecule has 1 saturated heterocycles. The molecule has 0 radical (unpaired) electrons. The second-order valence-electron chi connectivity index (χ2n) is 3.79. The van der Waals surface area contributed by atoms with Gasteiger partial charge >= 0.3 is 5.97 Å². The van der Waals surface area contributed by atoms with E-state index in [9.17, 15) is 4.79 Å². The Morgan fingerprint density at radius 3 is 3.20 bits per heavy atom. The molecule has 1 aromatic rings. The Balaban J connectivity index is 2.02. The van der Waals surface area contributed by atoms with E-state index in [2.05, 4.69) is 4.98 Å². The molecule has 82 valence electrons. The van der Waals surface area contributed by atoms with Crippen molar-refractivity contribution in [2.45, 2.75) is 31.8 Å². The van der Waals surface area contributed by atoms with Crippen molar-refractivity contribution in [2.75, 3.05) is 6.54 Å². The molecule has 1 aliphatic heterocycles. The SMILES string of the molecule is O=C(O)C1CCCCN1Cc1cncs1. The Morgan fingerprint density at radius 1 is 1.67 bits per heavy atom. The molecular weight excluding hydrogens is 212 g/mol. The molecule has 1 unspecified atom stereocenters. The minimum atomic E-state index is -0.695. The van der Waals surface area contributed by atoms with Crippen molar-refractivity contribution in [3.05, 3.63) is 16.6 Å². The van der Waals surface area contributed by atoms with Gasteiger partial charge in [0.1, 0.15) is 6.04 Å². The number of likely N-dealkylation sites (tertiary alicyclic amines) is 1. The van der Waals surface area contributed by atoms with Crippen molar-refractivity contribution in [1.82, 2.24) is 9.88 Å². The van der Waals surface area contributed by atoms with Crippen LogP contribution in [0.3, 0.4) is 0 Å². The minimum Gasteiger partial charge on any atom is -0.480 e. The Labute approximate surface area is 92.6 Å². The molecule has 0 amide bonds. The van der Waals surface area contributed by atoms with Gasteiger partial charge in [0.25, 0.3) is 0 Å². The molecule has 0 aromatic carbocycles. The quantitative estimate of drug-likeness (QED) is 0.850. The van der Waals surface area contributed by atoms with Gasteiger partial charge in [0.2, 0.25) is 0 Å². The minimum absolute atomic E-state index is 0.305. The summed E-state index contributed by atoms with van der Waals surface area (Å²) in [6.07, 6.45) is 4.71. The van der Waals surface area contributed by atoms with Gasteiger partial charge in [-0.1, -0.05) is 6.42 Å². The molecule has 0 bridgehead atoms. The first kappa shape index (κ1) is 10.6. The normalized spacial score (nSPS) is 22.8. The fraction of sp³-hybridized carbons (Fsp3) is 0.600. The fourth-order valence-electron chi connectivity index (χ4n) is 1.98. The second kappa shape index (κ2) is 4.72. The summed E-state index contributed by atoms with van der Waals surface area (Å²) >= 11 is 1.58. The number of hydrogen-bond donors (Lipinski definition) is 1. The first-order chi connectivity index (χ1) is 7.27. The van der Waals surface area contributed by atoms with Crippen LogP contribution < -0.4 is 0 Å². The van der Waals surface area contributed by atoms with Crippen molar-refractivity contribution in [1.29, 1.82) is 0 Å². The summed E-state index contributed by atoms with van der Waals surface area (Å²) in [6.45, 7) is 1.61. The van der Waals surface area contributed by atoms with E-state index in [0.717, 1.165) is 37.2 Å². The molecule has 15 heavy (non-hydrogen) atoms. The van der Waals surface area contributed by atoms with Crippen LogP contribution in [0.1, 0.15) is 24.1 Å². The van der Waals surface area contributed by atoms with E-state index in [1.54, 1.807) is 16.8 Å². The van der Waals surface area contributed by atoms with Gasteiger partial charge in [-0.2, -0.15) is 0 Å². The summed E-state index contributed by atoms with van der Waals surface area (Å²) in [7, 11) is 0. The Hall–Kier alpha value is -0.940. The average Bonchev–Trinajstić information content (AvgIpc) is 2.71. The van der Waals surface area contributed by atoms with Crippen LogP contribution >= 0.6 is 11.3 Å². The number of aromatic nitrogens is 1. The van der Waals surface area contributed by atoms with Crippen molar-refractivity contribution in [3.8, 4) is 0 Å². The van der Waals surface area contributed by atoms with Crippen LogP contribution in [-0.2, 0) is 11.3 Å². The molecule has 5 heteroatoms. The summed E-state index contributed by atoms with van der Waals surface area (Å²) in [5.74, 6) is -0.695. The Kier molecular flexibility index (Phi) is 3.33. The number of piperidine rings is 1. The molecule has 1 atom stereocenters. The molecule has 4 nitrogen and oxygen atoms in total. The number of carbonyl (C=O) groups is 1. The van der Waals surface area contributed by atoms with Crippen LogP contribution in [-0.4, -0.2) is 33.5 Å². The average molecular weight is 226 g/mol. The van der Waals surface area contributed by atoms with Gasteiger partial charge < -0.3 is 5.11 Å². The summed E-state index contributed by atoms with van der Waals surface area (Å²) in [6, 6.07) is -0.305. The van der Waals surface area contributed by atoms with Gasteiger partial charge in [0, 0.05) is 17.6 Å². The maximum absolute atomic E-state index is 11.0. The van der Waals surface area contributed by atoms with E-state index in [-0.39, 0.29) is 6.04 Å². The monoisotopic (exact) mass is 226 g/mol. The number of nitrogens with zero attached hydrogens (tertiary/aromatic N) is 2. The Bertz CT molecular complexity index is 326. The molecular formula is C10H14N2O2S. The molecule has 0 saturated carbocycles. The highest BCUT2D eigenvalue weighted by molar-refractivity contribution is 7.09. The Morgan fingerprint density at radius 2 is 2.53 bits per heavy atom. The second-order valence-corrected chi connectivity index (χ2v) is 4.76. The summed E-state index contributed by atoms with van der Waals surface area (Å²) in [5.41, 5.74) is 1.79. The van der Waals surface area contributed by atoms with Crippen molar-refractivity contribution in [2.24, 2.45) is 0 Å².